The Bertz CT molecular complexity index is 537. The number of fused-ring (bicyclic) bond motifs is 4. The third-order valence-corrected chi connectivity index (χ3v) is 6.82. The maximum absolute atomic E-state index is 10.9. The molecule has 160 valence electrons. The summed E-state index contributed by atoms with van der Waals surface area (Å²) >= 11 is 0. The summed E-state index contributed by atoms with van der Waals surface area (Å²) in [6, 6.07) is 1.20. The Labute approximate surface area is 166 Å². The van der Waals surface area contributed by atoms with E-state index >= 15 is 0 Å². The minimum atomic E-state index is -0.221. The largest absolute Gasteiger partial charge is 0.461 e. The van der Waals surface area contributed by atoms with Gasteiger partial charge in [-0.3, -0.25) is 19.4 Å². The van der Waals surface area contributed by atoms with E-state index in [4.69, 9.17) is 9.47 Å². The number of piperidine rings is 2. The molecular formula is C20H34N2O6. The quantitative estimate of drug-likeness (QED) is 0.641. The number of esters is 2. The monoisotopic (exact) mass is 398 g/mol. The van der Waals surface area contributed by atoms with E-state index in [9.17, 15) is 19.8 Å². The van der Waals surface area contributed by atoms with Gasteiger partial charge < -0.3 is 19.7 Å². The molecular weight excluding hydrogens is 364 g/mol. The molecule has 4 aliphatic rings. The van der Waals surface area contributed by atoms with E-state index in [2.05, 4.69) is 9.80 Å². The highest BCUT2D eigenvalue weighted by molar-refractivity contribution is 5.66. The van der Waals surface area contributed by atoms with Crippen LogP contribution in [0.25, 0.3) is 0 Å². The highest BCUT2D eigenvalue weighted by Gasteiger charge is 2.47. The number of nitrogens with zero attached hydrogens (tertiary/aromatic N) is 2. The van der Waals surface area contributed by atoms with Gasteiger partial charge in [-0.2, -0.15) is 0 Å². The number of aliphatic hydroxyl groups is 2. The number of aliphatic hydroxyl groups excluding tert-OH is 2. The first kappa shape index (κ1) is 21.5. The van der Waals surface area contributed by atoms with E-state index in [-0.39, 0.29) is 48.4 Å². The van der Waals surface area contributed by atoms with Crippen LogP contribution in [0.1, 0.15) is 52.4 Å². The van der Waals surface area contributed by atoms with Crippen LogP contribution in [0.5, 0.6) is 0 Å². The molecule has 0 aromatic carbocycles. The van der Waals surface area contributed by atoms with Crippen molar-refractivity contribution >= 4 is 11.9 Å². The van der Waals surface area contributed by atoms with Crippen LogP contribution in [0.3, 0.4) is 0 Å². The van der Waals surface area contributed by atoms with Crippen molar-refractivity contribution in [2.24, 2.45) is 0 Å². The van der Waals surface area contributed by atoms with Gasteiger partial charge in [0.1, 0.15) is 12.2 Å². The van der Waals surface area contributed by atoms with Crippen LogP contribution < -0.4 is 0 Å². The molecule has 4 aliphatic heterocycles. The number of carbonyl (C=O) groups excluding carboxylic acids is 2. The van der Waals surface area contributed by atoms with Crippen molar-refractivity contribution in [2.45, 2.75) is 101 Å². The summed E-state index contributed by atoms with van der Waals surface area (Å²) in [6.45, 7) is 2.89. The van der Waals surface area contributed by atoms with E-state index < -0.39 is 0 Å². The molecule has 8 atom stereocenters. The van der Waals surface area contributed by atoms with Crippen LogP contribution in [0.4, 0.5) is 0 Å². The fourth-order valence-corrected chi connectivity index (χ4v) is 5.47. The predicted molar refractivity (Wildman–Crippen MR) is 102 cm³/mol. The Kier molecular flexibility index (Phi) is 6.64. The van der Waals surface area contributed by atoms with E-state index in [1.807, 2.05) is 14.1 Å². The van der Waals surface area contributed by atoms with Crippen molar-refractivity contribution in [3.05, 3.63) is 0 Å². The molecule has 28 heavy (non-hydrogen) atoms. The smallest absolute Gasteiger partial charge is 0.302 e. The van der Waals surface area contributed by atoms with Crippen molar-refractivity contribution in [3.63, 3.8) is 0 Å². The van der Waals surface area contributed by atoms with Gasteiger partial charge >= 0.3 is 11.9 Å². The Morgan fingerprint density at radius 1 is 0.714 bits per heavy atom. The van der Waals surface area contributed by atoms with Gasteiger partial charge in [0.25, 0.3) is 0 Å². The molecule has 4 bridgehead atoms. The first-order valence-electron chi connectivity index (χ1n) is 10.3. The second kappa shape index (κ2) is 8.65. The van der Waals surface area contributed by atoms with Gasteiger partial charge in [-0.15, -0.1) is 0 Å². The molecule has 0 aromatic heterocycles. The predicted octanol–water partition coefficient (Wildman–Crippen LogP) is 0.291. The lowest BCUT2D eigenvalue weighted by Crippen LogP contribution is -2.44. The summed E-state index contributed by atoms with van der Waals surface area (Å²) in [5.74, 6) is -0.434. The van der Waals surface area contributed by atoms with Crippen molar-refractivity contribution in [1.29, 1.82) is 0 Å². The van der Waals surface area contributed by atoms with Gasteiger partial charge in [-0.1, -0.05) is 0 Å². The molecule has 0 aliphatic carbocycles. The van der Waals surface area contributed by atoms with Crippen LogP contribution >= 0.6 is 0 Å². The van der Waals surface area contributed by atoms with Crippen LogP contribution in [-0.2, 0) is 19.1 Å². The lowest BCUT2D eigenvalue weighted by molar-refractivity contribution is -0.148. The van der Waals surface area contributed by atoms with Gasteiger partial charge in [-0.25, -0.2) is 0 Å². The highest BCUT2D eigenvalue weighted by Crippen LogP contribution is 2.37. The number of hydrogen-bond donors (Lipinski definition) is 2. The molecule has 2 N–H and O–H groups in total. The van der Waals surface area contributed by atoms with Crippen LogP contribution in [0.2, 0.25) is 0 Å². The normalized spacial score (nSPS) is 42.5. The Balaban J connectivity index is 0.000000161. The van der Waals surface area contributed by atoms with E-state index in [0.29, 0.717) is 12.1 Å². The molecule has 0 aromatic rings. The van der Waals surface area contributed by atoms with Gasteiger partial charge in [-0.05, 0) is 39.8 Å². The first-order valence-corrected chi connectivity index (χ1v) is 10.3. The third kappa shape index (κ3) is 4.67. The molecule has 0 radical (unpaired) electrons. The maximum Gasteiger partial charge on any atom is 0.302 e. The van der Waals surface area contributed by atoms with Gasteiger partial charge in [0.15, 0.2) is 0 Å². The van der Waals surface area contributed by atoms with Crippen LogP contribution in [-0.4, -0.2) is 94.6 Å². The Morgan fingerprint density at radius 3 is 1.39 bits per heavy atom. The summed E-state index contributed by atoms with van der Waals surface area (Å²) in [6.07, 6.45) is 4.35. The second-order valence-corrected chi connectivity index (χ2v) is 8.79. The number of rotatable bonds is 2. The third-order valence-electron chi connectivity index (χ3n) is 6.82. The van der Waals surface area contributed by atoms with E-state index in [1.165, 1.54) is 13.8 Å². The summed E-state index contributed by atoms with van der Waals surface area (Å²) in [7, 11) is 4.09. The lowest BCUT2D eigenvalue weighted by Gasteiger charge is -2.34. The number of likely N-dealkylation sites (N-methyl/N-ethyl adjacent to an activating group) is 2. The Morgan fingerprint density at radius 2 is 1.07 bits per heavy atom. The average Bonchev–Trinajstić information content (AvgIpc) is 2.86. The molecule has 0 spiro atoms. The van der Waals surface area contributed by atoms with Crippen molar-refractivity contribution in [2.75, 3.05) is 14.1 Å². The molecule has 4 rings (SSSR count). The lowest BCUT2D eigenvalue weighted by atomic mass is 10.0. The SMILES string of the molecule is CC(=O)OC1C[C@@H]2CC(O)C[C@H]1N2C.CC(=O)OC1C[C@@H]2CC(O)C[C@H]1N2C. The van der Waals surface area contributed by atoms with Gasteiger partial charge in [0.2, 0.25) is 0 Å². The first-order chi connectivity index (χ1) is 13.2. The molecule has 4 heterocycles. The summed E-state index contributed by atoms with van der Waals surface area (Å²) in [5, 5.41) is 19.2. The van der Waals surface area contributed by atoms with E-state index in [0.717, 1.165) is 38.5 Å². The van der Waals surface area contributed by atoms with Crippen molar-refractivity contribution in [1.82, 2.24) is 9.80 Å². The standard InChI is InChI=1S/2C10H17NO3/c2*1-6(12)14-10-4-7-3-8(13)5-9(10)11(7)2/h2*7-10,13H,3-5H2,1-2H3/t2*7-,8?,9+,10?/m00/s1. The fourth-order valence-electron chi connectivity index (χ4n) is 5.47. The minimum Gasteiger partial charge on any atom is -0.461 e. The zero-order chi connectivity index (χ0) is 20.6. The molecule has 8 nitrogen and oxygen atoms in total. The summed E-state index contributed by atoms with van der Waals surface area (Å²) < 4.78 is 10.5. The van der Waals surface area contributed by atoms with Gasteiger partial charge in [0.05, 0.1) is 12.2 Å². The fraction of sp³-hybridized carbons (Fsp3) is 0.900. The summed E-state index contributed by atoms with van der Waals surface area (Å²) in [5.41, 5.74) is 0. The molecule has 4 saturated heterocycles. The molecule has 4 unspecified atom stereocenters. The van der Waals surface area contributed by atoms with Gasteiger partial charge in [0, 0.05) is 50.9 Å². The number of carbonyl (C=O) groups is 2. The Hall–Kier alpha value is -1.22. The zero-order valence-electron chi connectivity index (χ0n) is 17.3. The number of hydrogen-bond acceptors (Lipinski definition) is 8. The number of ether oxygens (including phenoxy) is 2. The van der Waals surface area contributed by atoms with Crippen LogP contribution in [0.15, 0.2) is 0 Å². The molecule has 0 saturated carbocycles. The second-order valence-electron chi connectivity index (χ2n) is 8.79. The topological polar surface area (TPSA) is 99.5 Å². The summed E-state index contributed by atoms with van der Waals surface area (Å²) in [4.78, 5) is 26.2. The molecule has 8 heteroatoms. The van der Waals surface area contributed by atoms with Crippen LogP contribution in [0, 0.1) is 0 Å². The van der Waals surface area contributed by atoms with E-state index in [1.54, 1.807) is 0 Å². The highest BCUT2D eigenvalue weighted by atomic mass is 16.5. The minimum absolute atomic E-state index is 0.0142. The molecule has 4 fully saturated rings. The molecule has 0 amide bonds. The van der Waals surface area contributed by atoms with Crippen molar-refractivity contribution < 1.29 is 29.3 Å². The maximum atomic E-state index is 10.9. The average molecular weight is 399 g/mol. The van der Waals surface area contributed by atoms with Crippen molar-refractivity contribution in [3.8, 4) is 0 Å². The zero-order valence-corrected chi connectivity index (χ0v) is 17.3.